The first-order valence-electron chi connectivity index (χ1n) is 4.37. The van der Waals surface area contributed by atoms with E-state index in [0.29, 0.717) is 0 Å². The molecule has 0 saturated carbocycles. The first-order valence-corrected chi connectivity index (χ1v) is 8.39. The van der Waals surface area contributed by atoms with Crippen LogP contribution in [0.2, 0.25) is 0 Å². The van der Waals surface area contributed by atoms with Gasteiger partial charge in [0.05, 0.1) is 0 Å². The van der Waals surface area contributed by atoms with Crippen molar-refractivity contribution in [3.63, 3.8) is 0 Å². The van der Waals surface area contributed by atoms with Crippen LogP contribution < -0.4 is 0 Å². The minimum absolute atomic E-state index is 0.209. The van der Waals surface area contributed by atoms with Crippen molar-refractivity contribution >= 4 is 29.1 Å². The Hall–Kier alpha value is 1.07. The van der Waals surface area contributed by atoms with E-state index in [-0.39, 0.29) is 6.48 Å². The Bertz CT molecular complexity index is 80.5. The molecule has 1 unspecified atom stereocenters. The Labute approximate surface area is 80.8 Å². The standard InChI is InChI=1S/C8H18ClPS/c1-3-5-7-10(9)11-8-6-4-2/h3-8H2,1-2H3. The summed E-state index contributed by atoms with van der Waals surface area (Å²) >= 11 is 8.09. The number of rotatable bonds is 7. The fourth-order valence-corrected chi connectivity index (χ4v) is 4.70. The van der Waals surface area contributed by atoms with Gasteiger partial charge in [0.15, 0.2) is 0 Å². The lowest BCUT2D eigenvalue weighted by molar-refractivity contribution is 0.893. The Morgan fingerprint density at radius 3 is 2.36 bits per heavy atom. The second-order valence-electron chi connectivity index (χ2n) is 2.58. The van der Waals surface area contributed by atoms with Crippen molar-refractivity contribution in [3.05, 3.63) is 0 Å². The minimum Gasteiger partial charge on any atom is -0.118 e. The van der Waals surface area contributed by atoms with Crippen LogP contribution in [0.25, 0.3) is 0 Å². The van der Waals surface area contributed by atoms with Crippen LogP contribution in [0, 0.1) is 0 Å². The van der Waals surface area contributed by atoms with Crippen LogP contribution in [0.5, 0.6) is 0 Å². The minimum atomic E-state index is -0.209. The van der Waals surface area contributed by atoms with Gasteiger partial charge in [-0.25, -0.2) is 0 Å². The van der Waals surface area contributed by atoms with Crippen molar-refractivity contribution in [2.45, 2.75) is 39.5 Å². The molecule has 11 heavy (non-hydrogen) atoms. The Balaban J connectivity index is 3.02. The first-order chi connectivity index (χ1) is 5.31. The smallest absolute Gasteiger partial charge is 0.0493 e. The van der Waals surface area contributed by atoms with Crippen molar-refractivity contribution in [1.82, 2.24) is 0 Å². The van der Waals surface area contributed by atoms with Crippen molar-refractivity contribution in [2.24, 2.45) is 0 Å². The van der Waals surface area contributed by atoms with Crippen LogP contribution in [0.4, 0.5) is 0 Å². The molecule has 0 aliphatic rings. The normalized spacial score (nSPS) is 13.4. The summed E-state index contributed by atoms with van der Waals surface area (Å²) in [6, 6.07) is 0. The largest absolute Gasteiger partial charge is 0.118 e. The van der Waals surface area contributed by atoms with Gasteiger partial charge in [-0.2, -0.15) is 0 Å². The maximum atomic E-state index is 6.12. The van der Waals surface area contributed by atoms with Gasteiger partial charge in [-0.15, -0.1) is 11.4 Å². The van der Waals surface area contributed by atoms with E-state index in [1.54, 1.807) is 0 Å². The molecule has 0 spiro atoms. The highest BCUT2D eigenvalue weighted by Crippen LogP contribution is 2.55. The van der Waals surface area contributed by atoms with Gasteiger partial charge >= 0.3 is 0 Å². The summed E-state index contributed by atoms with van der Waals surface area (Å²) in [5.41, 5.74) is 0. The van der Waals surface area contributed by atoms with Gasteiger partial charge in [-0.3, -0.25) is 0 Å². The molecule has 0 radical (unpaired) electrons. The molecule has 0 aromatic carbocycles. The van der Waals surface area contributed by atoms with E-state index in [1.807, 2.05) is 11.4 Å². The lowest BCUT2D eigenvalue weighted by Crippen LogP contribution is -1.78. The zero-order valence-electron chi connectivity index (χ0n) is 7.48. The molecule has 0 fully saturated rings. The molecule has 0 aromatic rings. The van der Waals surface area contributed by atoms with Crippen LogP contribution >= 0.6 is 29.1 Å². The summed E-state index contributed by atoms with van der Waals surface area (Å²) in [7, 11) is 0. The maximum Gasteiger partial charge on any atom is 0.0493 e. The molecular formula is C8H18ClPS. The predicted molar refractivity (Wildman–Crippen MR) is 59.9 cm³/mol. The molecule has 0 nitrogen and oxygen atoms in total. The number of hydrogen-bond acceptors (Lipinski definition) is 1. The summed E-state index contributed by atoms with van der Waals surface area (Å²) in [6.07, 6.45) is 6.43. The zero-order chi connectivity index (χ0) is 8.53. The summed E-state index contributed by atoms with van der Waals surface area (Å²) in [5, 5.41) is 0. The van der Waals surface area contributed by atoms with Gasteiger partial charge in [0, 0.05) is 6.48 Å². The molecular weight excluding hydrogens is 195 g/mol. The Kier molecular flexibility index (Phi) is 10.1. The van der Waals surface area contributed by atoms with Crippen molar-refractivity contribution in [3.8, 4) is 0 Å². The molecule has 1 atom stereocenters. The molecule has 0 amide bonds. The quantitative estimate of drug-likeness (QED) is 0.429. The molecule has 3 heteroatoms. The molecule has 0 aromatic heterocycles. The molecule has 0 aliphatic carbocycles. The third kappa shape index (κ3) is 8.98. The fraction of sp³-hybridized carbons (Fsp3) is 1.00. The highest BCUT2D eigenvalue weighted by molar-refractivity contribution is 8.62. The molecule has 0 saturated heterocycles. The lowest BCUT2D eigenvalue weighted by atomic mass is 10.4. The van der Waals surface area contributed by atoms with Crippen molar-refractivity contribution < 1.29 is 0 Å². The summed E-state index contributed by atoms with van der Waals surface area (Å²) < 4.78 is 0. The Morgan fingerprint density at radius 2 is 1.82 bits per heavy atom. The van der Waals surface area contributed by atoms with Gasteiger partial charge in [-0.05, 0) is 24.8 Å². The van der Waals surface area contributed by atoms with E-state index >= 15 is 0 Å². The van der Waals surface area contributed by atoms with E-state index in [2.05, 4.69) is 13.8 Å². The number of hydrogen-bond donors (Lipinski definition) is 0. The summed E-state index contributed by atoms with van der Waals surface area (Å²) in [4.78, 5) is 0. The summed E-state index contributed by atoms with van der Waals surface area (Å²) in [6.45, 7) is 4.24. The lowest BCUT2D eigenvalue weighted by Gasteiger charge is -2.06. The molecule has 0 rings (SSSR count). The molecule has 0 bridgehead atoms. The molecule has 0 heterocycles. The van der Waals surface area contributed by atoms with Crippen LogP contribution in [0.1, 0.15) is 39.5 Å². The number of halogens is 1. The van der Waals surface area contributed by atoms with Gasteiger partial charge in [-0.1, -0.05) is 37.9 Å². The number of unbranched alkanes of at least 4 members (excludes halogenated alkanes) is 2. The maximum absolute atomic E-state index is 6.12. The third-order valence-corrected chi connectivity index (χ3v) is 6.16. The highest BCUT2D eigenvalue weighted by atomic mass is 35.7. The zero-order valence-corrected chi connectivity index (χ0v) is 9.94. The molecule has 68 valence electrons. The molecule has 0 aliphatic heterocycles. The highest BCUT2D eigenvalue weighted by Gasteiger charge is 2.02. The van der Waals surface area contributed by atoms with E-state index in [9.17, 15) is 0 Å². The van der Waals surface area contributed by atoms with Gasteiger partial charge < -0.3 is 0 Å². The van der Waals surface area contributed by atoms with E-state index < -0.39 is 0 Å². The van der Waals surface area contributed by atoms with Crippen LogP contribution in [-0.2, 0) is 0 Å². The second-order valence-corrected chi connectivity index (χ2v) is 8.25. The third-order valence-electron chi connectivity index (χ3n) is 1.42. The van der Waals surface area contributed by atoms with Crippen LogP contribution in [0.15, 0.2) is 0 Å². The van der Waals surface area contributed by atoms with Crippen LogP contribution in [0.3, 0.4) is 0 Å². The average Bonchev–Trinajstić information content (AvgIpc) is 2.01. The first kappa shape index (κ1) is 12.1. The van der Waals surface area contributed by atoms with Gasteiger partial charge in [0.2, 0.25) is 0 Å². The van der Waals surface area contributed by atoms with Crippen LogP contribution in [-0.4, -0.2) is 11.9 Å². The van der Waals surface area contributed by atoms with Crippen molar-refractivity contribution in [1.29, 1.82) is 0 Å². The topological polar surface area (TPSA) is 0 Å². The molecule has 0 N–H and O–H groups in total. The van der Waals surface area contributed by atoms with Gasteiger partial charge in [0.25, 0.3) is 0 Å². The van der Waals surface area contributed by atoms with E-state index in [0.717, 1.165) is 0 Å². The average molecular weight is 213 g/mol. The summed E-state index contributed by atoms with van der Waals surface area (Å²) in [5.74, 6) is 1.26. The monoisotopic (exact) mass is 212 g/mol. The predicted octanol–water partition coefficient (Wildman–Crippen LogP) is 4.87. The Morgan fingerprint density at radius 1 is 1.18 bits per heavy atom. The second kappa shape index (κ2) is 9.16. The van der Waals surface area contributed by atoms with E-state index in [4.69, 9.17) is 11.2 Å². The van der Waals surface area contributed by atoms with E-state index in [1.165, 1.54) is 37.6 Å². The van der Waals surface area contributed by atoms with Gasteiger partial charge in [0.1, 0.15) is 0 Å². The fourth-order valence-electron chi connectivity index (χ4n) is 0.655. The van der Waals surface area contributed by atoms with Crippen molar-refractivity contribution in [2.75, 3.05) is 11.9 Å². The SMILES string of the molecule is CCCCSP(Cl)CCCC.